The number of hydrogen-bond acceptors (Lipinski definition) is 4. The average molecular weight is 292 g/mol. The lowest BCUT2D eigenvalue weighted by Crippen LogP contribution is -2.33. The summed E-state index contributed by atoms with van der Waals surface area (Å²) >= 11 is 0. The second-order valence-electron chi connectivity index (χ2n) is 3.33. The Morgan fingerprint density at radius 3 is 2.50 bits per heavy atom. The van der Waals surface area contributed by atoms with Gasteiger partial charge >= 0.3 is 12.1 Å². The Balaban J connectivity index is 3.14. The van der Waals surface area contributed by atoms with Crippen LogP contribution in [0.5, 0.6) is 0 Å². The highest BCUT2D eigenvalue weighted by atomic mass is 19.4. The molecule has 0 radical (unpaired) electrons. The van der Waals surface area contributed by atoms with Crippen molar-refractivity contribution in [1.29, 1.82) is 0 Å². The lowest BCUT2D eigenvalue weighted by molar-refractivity contribution is -0.139. The fourth-order valence-electron chi connectivity index (χ4n) is 1.11. The molecule has 9 heteroatoms. The van der Waals surface area contributed by atoms with Crippen molar-refractivity contribution in [2.45, 2.75) is 13.1 Å². The Hall–Kier alpha value is -2.32. The van der Waals surface area contributed by atoms with Crippen molar-refractivity contribution < 1.29 is 31.9 Å². The Bertz CT molecular complexity index is 555. The summed E-state index contributed by atoms with van der Waals surface area (Å²) in [5.74, 6) is -4.34. The molecule has 0 saturated carbocycles. The standard InChI is InChI=1S/C11H8F4N2O3/c1-2-20-10(19)8(11(13,14)15)17-9(18)6-4-3-5-7(12)16-6/h3-5H,2H2,1H3. The van der Waals surface area contributed by atoms with Crippen molar-refractivity contribution >= 4 is 17.6 Å². The van der Waals surface area contributed by atoms with Crippen molar-refractivity contribution in [2.24, 2.45) is 4.99 Å². The lowest BCUT2D eigenvalue weighted by atomic mass is 10.3. The van der Waals surface area contributed by atoms with Crippen LogP contribution in [0.3, 0.4) is 0 Å². The van der Waals surface area contributed by atoms with Crippen molar-refractivity contribution in [3.8, 4) is 0 Å². The Morgan fingerprint density at radius 2 is 2.00 bits per heavy atom. The molecule has 5 nitrogen and oxygen atoms in total. The smallest absolute Gasteiger partial charge is 0.440 e. The molecule has 0 spiro atoms. The summed E-state index contributed by atoms with van der Waals surface area (Å²) in [6, 6.07) is 2.94. The highest BCUT2D eigenvalue weighted by Crippen LogP contribution is 2.19. The monoisotopic (exact) mass is 292 g/mol. The fourth-order valence-corrected chi connectivity index (χ4v) is 1.11. The summed E-state index contributed by atoms with van der Waals surface area (Å²) in [7, 11) is 0. The van der Waals surface area contributed by atoms with Gasteiger partial charge in [-0.1, -0.05) is 6.07 Å². The molecule has 1 heterocycles. The molecule has 0 aromatic carbocycles. The number of halogens is 4. The van der Waals surface area contributed by atoms with Crippen molar-refractivity contribution in [3.05, 3.63) is 29.8 Å². The first-order valence-electron chi connectivity index (χ1n) is 5.25. The van der Waals surface area contributed by atoms with E-state index in [-0.39, 0.29) is 6.61 Å². The number of ether oxygens (including phenoxy) is 1. The predicted molar refractivity (Wildman–Crippen MR) is 58.6 cm³/mol. The van der Waals surface area contributed by atoms with Gasteiger partial charge in [0.2, 0.25) is 11.7 Å². The number of nitrogens with zero attached hydrogens (tertiary/aromatic N) is 2. The molecule has 0 saturated heterocycles. The number of aromatic nitrogens is 1. The van der Waals surface area contributed by atoms with Crippen LogP contribution in [0.25, 0.3) is 0 Å². The van der Waals surface area contributed by atoms with E-state index in [1.807, 2.05) is 0 Å². The van der Waals surface area contributed by atoms with Gasteiger partial charge in [0.25, 0.3) is 5.91 Å². The van der Waals surface area contributed by atoms with Crippen LogP contribution in [-0.2, 0) is 9.53 Å². The zero-order chi connectivity index (χ0) is 15.3. The zero-order valence-corrected chi connectivity index (χ0v) is 10.1. The fraction of sp³-hybridized carbons (Fsp3) is 0.273. The van der Waals surface area contributed by atoms with Gasteiger partial charge in [-0.05, 0) is 19.1 Å². The van der Waals surface area contributed by atoms with E-state index in [2.05, 4.69) is 14.7 Å². The van der Waals surface area contributed by atoms with Gasteiger partial charge in [0.15, 0.2) is 0 Å². The SMILES string of the molecule is CCOC(=O)C(=NC(=O)c1cccc(F)n1)C(F)(F)F. The van der Waals surface area contributed by atoms with Gasteiger partial charge in [-0.3, -0.25) is 4.79 Å². The number of rotatable bonds is 3. The molecule has 0 atom stereocenters. The second kappa shape index (κ2) is 6.22. The van der Waals surface area contributed by atoms with Crippen LogP contribution in [0.15, 0.2) is 23.2 Å². The summed E-state index contributed by atoms with van der Waals surface area (Å²) < 4.78 is 54.6. The minimum atomic E-state index is -5.17. The first-order valence-corrected chi connectivity index (χ1v) is 5.25. The molecule has 20 heavy (non-hydrogen) atoms. The number of aliphatic imine (C=N–C) groups is 1. The summed E-state index contributed by atoms with van der Waals surface area (Å²) in [5, 5.41) is 0. The summed E-state index contributed by atoms with van der Waals surface area (Å²) in [6.07, 6.45) is -5.17. The van der Waals surface area contributed by atoms with Crippen LogP contribution >= 0.6 is 0 Å². The van der Waals surface area contributed by atoms with E-state index in [1.54, 1.807) is 0 Å². The highest BCUT2D eigenvalue weighted by Gasteiger charge is 2.42. The van der Waals surface area contributed by atoms with E-state index in [0.29, 0.717) is 0 Å². The van der Waals surface area contributed by atoms with Gasteiger partial charge in [-0.25, -0.2) is 9.78 Å². The Kier molecular flexibility index (Phi) is 4.89. The third-order valence-corrected chi connectivity index (χ3v) is 1.88. The van der Waals surface area contributed by atoms with Crippen molar-refractivity contribution in [2.75, 3.05) is 6.61 Å². The summed E-state index contributed by atoms with van der Waals surface area (Å²) in [5.41, 5.74) is -2.67. The topological polar surface area (TPSA) is 68.6 Å². The average Bonchev–Trinajstić information content (AvgIpc) is 2.34. The third kappa shape index (κ3) is 4.11. The van der Waals surface area contributed by atoms with Crippen molar-refractivity contribution in [3.63, 3.8) is 0 Å². The predicted octanol–water partition coefficient (Wildman–Crippen LogP) is 1.93. The van der Waals surface area contributed by atoms with E-state index in [0.717, 1.165) is 18.2 Å². The molecular formula is C11H8F4N2O3. The minimum Gasteiger partial charge on any atom is -0.461 e. The molecular weight excluding hydrogens is 284 g/mol. The quantitative estimate of drug-likeness (QED) is 0.369. The first kappa shape index (κ1) is 15.7. The van der Waals surface area contributed by atoms with E-state index in [4.69, 9.17) is 0 Å². The number of carbonyl (C=O) groups excluding carboxylic acids is 2. The molecule has 0 N–H and O–H groups in total. The van der Waals surface area contributed by atoms with Gasteiger partial charge in [-0.15, -0.1) is 0 Å². The summed E-state index contributed by atoms with van der Waals surface area (Å²) in [4.78, 5) is 28.2. The van der Waals surface area contributed by atoms with E-state index in [9.17, 15) is 27.2 Å². The molecule has 0 bridgehead atoms. The molecule has 0 aliphatic carbocycles. The number of carbonyl (C=O) groups is 2. The molecule has 1 aromatic heterocycles. The van der Waals surface area contributed by atoms with Gasteiger partial charge in [0, 0.05) is 0 Å². The highest BCUT2D eigenvalue weighted by molar-refractivity contribution is 6.40. The van der Waals surface area contributed by atoms with Crippen LogP contribution in [0.2, 0.25) is 0 Å². The van der Waals surface area contributed by atoms with Crippen molar-refractivity contribution in [1.82, 2.24) is 4.98 Å². The number of alkyl halides is 3. The first-order chi connectivity index (χ1) is 9.25. The van der Waals surface area contributed by atoms with Crippen LogP contribution in [0, 0.1) is 5.95 Å². The normalized spacial score (nSPS) is 12.2. The number of hydrogen-bond donors (Lipinski definition) is 0. The van der Waals surface area contributed by atoms with E-state index in [1.165, 1.54) is 6.92 Å². The molecule has 1 aromatic rings. The Labute approximate surface area is 110 Å². The van der Waals surface area contributed by atoms with Gasteiger partial charge in [-0.2, -0.15) is 22.6 Å². The van der Waals surface area contributed by atoms with Gasteiger partial charge in [0.05, 0.1) is 6.61 Å². The number of esters is 1. The van der Waals surface area contributed by atoms with E-state index < -0.39 is 35.4 Å². The molecule has 0 aliphatic heterocycles. The number of amides is 1. The lowest BCUT2D eigenvalue weighted by Gasteiger charge is -2.08. The molecule has 1 rings (SSSR count). The van der Waals surface area contributed by atoms with Crippen LogP contribution in [0.4, 0.5) is 17.6 Å². The molecule has 0 aliphatic rings. The van der Waals surface area contributed by atoms with E-state index >= 15 is 0 Å². The second-order valence-corrected chi connectivity index (χ2v) is 3.33. The molecule has 0 fully saturated rings. The maximum Gasteiger partial charge on any atom is 0.440 e. The summed E-state index contributed by atoms with van der Waals surface area (Å²) in [6.45, 7) is 0.974. The maximum absolute atomic E-state index is 12.8. The van der Waals surface area contributed by atoms with Crippen LogP contribution < -0.4 is 0 Å². The van der Waals surface area contributed by atoms with Crippen LogP contribution in [0.1, 0.15) is 17.4 Å². The molecule has 0 unspecified atom stereocenters. The molecule has 1 amide bonds. The molecule has 108 valence electrons. The van der Waals surface area contributed by atoms with Gasteiger partial charge < -0.3 is 4.74 Å². The maximum atomic E-state index is 12.8. The number of pyridine rings is 1. The minimum absolute atomic E-state index is 0.319. The Morgan fingerprint density at radius 1 is 1.35 bits per heavy atom. The third-order valence-electron chi connectivity index (χ3n) is 1.88. The van der Waals surface area contributed by atoms with Gasteiger partial charge in [0.1, 0.15) is 5.69 Å². The van der Waals surface area contributed by atoms with Crippen LogP contribution in [-0.4, -0.2) is 35.4 Å². The largest absolute Gasteiger partial charge is 0.461 e. The zero-order valence-electron chi connectivity index (χ0n) is 10.1.